The van der Waals surface area contributed by atoms with Gasteiger partial charge in [0.15, 0.2) is 6.10 Å². The van der Waals surface area contributed by atoms with E-state index in [1.807, 2.05) is 37.3 Å². The molecule has 2 aromatic carbocycles. The minimum Gasteiger partial charge on any atom is -0.476 e. The molecule has 0 unspecified atom stereocenters. The van der Waals surface area contributed by atoms with Gasteiger partial charge in [0, 0.05) is 6.54 Å². The van der Waals surface area contributed by atoms with Gasteiger partial charge in [0.1, 0.15) is 5.75 Å². The SMILES string of the molecule is C[C@@H](CNC(=O)[C@H]1CN(S(C)(=O)=O)c2ccccc2O1)c1ccccc1. The van der Waals surface area contributed by atoms with Gasteiger partial charge in [-0.15, -0.1) is 0 Å². The molecular formula is C19H22N2O4S. The Balaban J connectivity index is 1.70. The first-order chi connectivity index (χ1) is 12.4. The van der Waals surface area contributed by atoms with E-state index in [2.05, 4.69) is 5.32 Å². The lowest BCUT2D eigenvalue weighted by molar-refractivity contribution is -0.127. The molecule has 0 bridgehead atoms. The van der Waals surface area contributed by atoms with Crippen LogP contribution in [-0.2, 0) is 14.8 Å². The van der Waals surface area contributed by atoms with Crippen LogP contribution in [-0.4, -0.2) is 39.8 Å². The van der Waals surface area contributed by atoms with Gasteiger partial charge >= 0.3 is 0 Å². The highest BCUT2D eigenvalue weighted by Crippen LogP contribution is 2.34. The average Bonchev–Trinajstić information content (AvgIpc) is 2.64. The molecule has 0 aliphatic carbocycles. The molecule has 2 atom stereocenters. The fourth-order valence-electron chi connectivity index (χ4n) is 2.92. The van der Waals surface area contributed by atoms with E-state index < -0.39 is 16.1 Å². The summed E-state index contributed by atoms with van der Waals surface area (Å²) >= 11 is 0. The number of fused-ring (bicyclic) bond motifs is 1. The fraction of sp³-hybridized carbons (Fsp3) is 0.316. The van der Waals surface area contributed by atoms with Gasteiger partial charge in [0.25, 0.3) is 5.91 Å². The molecule has 0 fully saturated rings. The lowest BCUT2D eigenvalue weighted by Crippen LogP contribution is -2.50. The molecule has 138 valence electrons. The summed E-state index contributed by atoms with van der Waals surface area (Å²) in [5.41, 5.74) is 1.58. The van der Waals surface area contributed by atoms with Crippen LogP contribution in [0.3, 0.4) is 0 Å². The van der Waals surface area contributed by atoms with E-state index in [1.165, 1.54) is 4.31 Å². The number of carbonyl (C=O) groups is 1. The van der Waals surface area contributed by atoms with Gasteiger partial charge in [-0.25, -0.2) is 8.42 Å². The Morgan fingerprint density at radius 1 is 1.19 bits per heavy atom. The number of nitrogens with one attached hydrogen (secondary N) is 1. The van der Waals surface area contributed by atoms with Crippen LogP contribution in [0.15, 0.2) is 54.6 Å². The van der Waals surface area contributed by atoms with E-state index in [-0.39, 0.29) is 18.4 Å². The quantitative estimate of drug-likeness (QED) is 0.870. The van der Waals surface area contributed by atoms with Gasteiger partial charge in [0.2, 0.25) is 10.0 Å². The topological polar surface area (TPSA) is 75.7 Å². The Hall–Kier alpha value is -2.54. The summed E-state index contributed by atoms with van der Waals surface area (Å²) < 4.78 is 31.2. The van der Waals surface area contributed by atoms with E-state index in [9.17, 15) is 13.2 Å². The molecule has 0 saturated heterocycles. The van der Waals surface area contributed by atoms with Crippen LogP contribution in [0.4, 0.5) is 5.69 Å². The maximum atomic E-state index is 12.6. The van der Waals surface area contributed by atoms with Gasteiger partial charge in [0.05, 0.1) is 18.5 Å². The fourth-order valence-corrected chi connectivity index (χ4v) is 3.83. The number of rotatable bonds is 5. The molecule has 1 heterocycles. The van der Waals surface area contributed by atoms with E-state index >= 15 is 0 Å². The third-order valence-corrected chi connectivity index (χ3v) is 5.53. The molecule has 2 aromatic rings. The van der Waals surface area contributed by atoms with Crippen molar-refractivity contribution in [3.8, 4) is 5.75 Å². The van der Waals surface area contributed by atoms with Crippen molar-refractivity contribution >= 4 is 21.6 Å². The van der Waals surface area contributed by atoms with Gasteiger partial charge in [-0.2, -0.15) is 0 Å². The molecule has 3 rings (SSSR count). The molecule has 1 amide bonds. The molecule has 1 aliphatic rings. The van der Waals surface area contributed by atoms with Crippen molar-refractivity contribution in [2.75, 3.05) is 23.7 Å². The Kier molecular flexibility index (Phi) is 5.18. The Morgan fingerprint density at radius 3 is 2.54 bits per heavy atom. The number of ether oxygens (including phenoxy) is 1. The number of hydrogen-bond acceptors (Lipinski definition) is 4. The second kappa shape index (κ2) is 7.37. The molecule has 0 spiro atoms. The first kappa shape index (κ1) is 18.3. The number of amides is 1. The van der Waals surface area contributed by atoms with Crippen molar-refractivity contribution in [2.24, 2.45) is 0 Å². The van der Waals surface area contributed by atoms with Crippen LogP contribution in [0.5, 0.6) is 5.75 Å². The van der Waals surface area contributed by atoms with Crippen molar-refractivity contribution in [1.82, 2.24) is 5.32 Å². The molecular weight excluding hydrogens is 352 g/mol. The summed E-state index contributed by atoms with van der Waals surface area (Å²) in [6.45, 7) is 2.43. The maximum absolute atomic E-state index is 12.6. The van der Waals surface area contributed by atoms with Crippen LogP contribution >= 0.6 is 0 Å². The molecule has 0 saturated carbocycles. The second-order valence-corrected chi connectivity index (χ2v) is 8.33. The molecule has 26 heavy (non-hydrogen) atoms. The normalized spacial score (nSPS) is 17.8. The summed E-state index contributed by atoms with van der Waals surface area (Å²) in [7, 11) is -3.51. The van der Waals surface area contributed by atoms with Crippen LogP contribution in [0, 0.1) is 0 Å². The minimum absolute atomic E-state index is 0.0403. The first-order valence-corrected chi connectivity index (χ1v) is 10.3. The summed E-state index contributed by atoms with van der Waals surface area (Å²) in [5, 5.41) is 2.87. The maximum Gasteiger partial charge on any atom is 0.263 e. The highest BCUT2D eigenvalue weighted by atomic mass is 32.2. The average molecular weight is 374 g/mol. The summed E-state index contributed by atoms with van der Waals surface area (Å²) in [6, 6.07) is 16.7. The Labute approximate surface area is 153 Å². The lowest BCUT2D eigenvalue weighted by Gasteiger charge is -2.34. The Morgan fingerprint density at radius 2 is 1.85 bits per heavy atom. The van der Waals surface area contributed by atoms with Crippen molar-refractivity contribution in [3.63, 3.8) is 0 Å². The summed E-state index contributed by atoms with van der Waals surface area (Å²) in [6.07, 6.45) is 0.240. The zero-order valence-electron chi connectivity index (χ0n) is 14.8. The largest absolute Gasteiger partial charge is 0.476 e. The van der Waals surface area contributed by atoms with Crippen molar-refractivity contribution in [1.29, 1.82) is 0 Å². The summed E-state index contributed by atoms with van der Waals surface area (Å²) in [5.74, 6) is 0.207. The molecule has 1 aliphatic heterocycles. The van der Waals surface area contributed by atoms with Gasteiger partial charge in [-0.1, -0.05) is 49.4 Å². The van der Waals surface area contributed by atoms with Gasteiger partial charge in [-0.05, 0) is 23.6 Å². The third kappa shape index (κ3) is 3.99. The smallest absolute Gasteiger partial charge is 0.263 e. The number of para-hydroxylation sites is 2. The minimum atomic E-state index is -3.51. The van der Waals surface area contributed by atoms with E-state index in [0.717, 1.165) is 11.8 Å². The van der Waals surface area contributed by atoms with Crippen molar-refractivity contribution in [2.45, 2.75) is 18.9 Å². The zero-order valence-corrected chi connectivity index (χ0v) is 15.6. The van der Waals surface area contributed by atoms with Crippen LogP contribution in [0.2, 0.25) is 0 Å². The highest BCUT2D eigenvalue weighted by Gasteiger charge is 2.34. The van der Waals surface area contributed by atoms with E-state index in [0.29, 0.717) is 18.0 Å². The Bertz CT molecular complexity index is 883. The zero-order chi connectivity index (χ0) is 18.7. The molecule has 0 aromatic heterocycles. The second-order valence-electron chi connectivity index (χ2n) is 6.43. The number of hydrogen-bond donors (Lipinski definition) is 1. The van der Waals surface area contributed by atoms with Crippen molar-refractivity contribution in [3.05, 3.63) is 60.2 Å². The van der Waals surface area contributed by atoms with Gasteiger partial charge in [-0.3, -0.25) is 9.10 Å². The van der Waals surface area contributed by atoms with E-state index in [1.54, 1.807) is 24.3 Å². The van der Waals surface area contributed by atoms with Crippen molar-refractivity contribution < 1.29 is 17.9 Å². The molecule has 7 heteroatoms. The lowest BCUT2D eigenvalue weighted by atomic mass is 10.0. The number of anilines is 1. The van der Waals surface area contributed by atoms with Gasteiger partial charge < -0.3 is 10.1 Å². The number of benzene rings is 2. The van der Waals surface area contributed by atoms with Crippen LogP contribution < -0.4 is 14.4 Å². The molecule has 1 N–H and O–H groups in total. The summed E-state index contributed by atoms with van der Waals surface area (Å²) in [4.78, 5) is 12.6. The highest BCUT2D eigenvalue weighted by molar-refractivity contribution is 7.92. The monoisotopic (exact) mass is 374 g/mol. The third-order valence-electron chi connectivity index (χ3n) is 4.38. The predicted octanol–water partition coefficient (Wildman–Crippen LogP) is 2.13. The molecule has 6 nitrogen and oxygen atoms in total. The number of nitrogens with zero attached hydrogens (tertiary/aromatic N) is 1. The molecule has 0 radical (unpaired) electrons. The number of carbonyl (C=O) groups excluding carboxylic acids is 1. The predicted molar refractivity (Wildman–Crippen MR) is 101 cm³/mol. The van der Waals surface area contributed by atoms with Crippen LogP contribution in [0.25, 0.3) is 0 Å². The number of sulfonamides is 1. The van der Waals surface area contributed by atoms with Crippen LogP contribution in [0.1, 0.15) is 18.4 Å². The standard InChI is InChI=1S/C19H22N2O4S/c1-14(15-8-4-3-5-9-15)12-20-19(22)18-13-21(26(2,23)24)16-10-6-7-11-17(16)25-18/h3-11,14,18H,12-13H2,1-2H3,(H,20,22)/t14-,18+/m0/s1. The first-order valence-electron chi connectivity index (χ1n) is 8.42. The van der Waals surface area contributed by atoms with E-state index in [4.69, 9.17) is 4.74 Å².